The summed E-state index contributed by atoms with van der Waals surface area (Å²) in [5.41, 5.74) is 6.33. The Morgan fingerprint density at radius 2 is 2.22 bits per heavy atom. The second-order valence-electron chi connectivity index (χ2n) is 4.34. The van der Waals surface area contributed by atoms with E-state index in [0.29, 0.717) is 0 Å². The maximum Gasteiger partial charge on any atom is 0.0931 e. The molecule has 2 rings (SSSR count). The van der Waals surface area contributed by atoms with E-state index in [9.17, 15) is 0 Å². The van der Waals surface area contributed by atoms with E-state index in [1.807, 2.05) is 30.8 Å². The molecule has 0 aromatic carbocycles. The summed E-state index contributed by atoms with van der Waals surface area (Å²) in [6, 6.07) is 3.98. The summed E-state index contributed by atoms with van der Waals surface area (Å²) in [7, 11) is 1.96. The number of halogens is 1. The molecule has 0 aliphatic carbocycles. The predicted octanol–water partition coefficient (Wildman–Crippen LogP) is 2.50. The molecule has 2 aromatic rings. The second-order valence-corrected chi connectivity index (χ2v) is 6.08. The fraction of sp³-hybridized carbons (Fsp3) is 0.417. The first-order valence-corrected chi connectivity index (χ1v) is 6.92. The first-order valence-electron chi connectivity index (χ1n) is 5.73. The van der Waals surface area contributed by atoms with Crippen LogP contribution in [-0.2, 0) is 13.5 Å². The van der Waals surface area contributed by atoms with Crippen molar-refractivity contribution in [2.75, 3.05) is 0 Å². The highest BCUT2D eigenvalue weighted by Gasteiger charge is 2.18. The van der Waals surface area contributed by atoms with Gasteiger partial charge in [-0.1, -0.05) is 11.6 Å². The van der Waals surface area contributed by atoms with E-state index in [2.05, 4.69) is 17.4 Å². The molecule has 1 atom stereocenters. The van der Waals surface area contributed by atoms with Crippen molar-refractivity contribution >= 4 is 22.9 Å². The SMILES string of the molecule is Cc1nn(C)c(C)c1CC(NN)c1ccc(Cl)s1. The Kier molecular flexibility index (Phi) is 4.07. The summed E-state index contributed by atoms with van der Waals surface area (Å²) in [6.45, 7) is 4.10. The Morgan fingerprint density at radius 3 is 2.67 bits per heavy atom. The van der Waals surface area contributed by atoms with Gasteiger partial charge in [-0.25, -0.2) is 0 Å². The van der Waals surface area contributed by atoms with Gasteiger partial charge < -0.3 is 0 Å². The smallest absolute Gasteiger partial charge is 0.0931 e. The Bertz CT molecular complexity index is 546. The van der Waals surface area contributed by atoms with Gasteiger partial charge in [0, 0.05) is 17.6 Å². The van der Waals surface area contributed by atoms with Gasteiger partial charge in [0.1, 0.15) is 0 Å². The normalized spacial score (nSPS) is 12.9. The summed E-state index contributed by atoms with van der Waals surface area (Å²) < 4.78 is 2.68. The van der Waals surface area contributed by atoms with Crippen LogP contribution in [0.1, 0.15) is 27.9 Å². The van der Waals surface area contributed by atoms with Crippen LogP contribution in [0.4, 0.5) is 0 Å². The highest BCUT2D eigenvalue weighted by molar-refractivity contribution is 7.16. The third kappa shape index (κ3) is 2.59. The molecule has 0 fully saturated rings. The lowest BCUT2D eigenvalue weighted by molar-refractivity contribution is 0.558. The number of aromatic nitrogens is 2. The number of nitrogens with one attached hydrogen (secondary N) is 1. The van der Waals surface area contributed by atoms with Crippen molar-refractivity contribution in [1.82, 2.24) is 15.2 Å². The fourth-order valence-electron chi connectivity index (χ4n) is 2.07. The molecule has 0 amide bonds. The number of thiophene rings is 1. The van der Waals surface area contributed by atoms with Gasteiger partial charge in [0.05, 0.1) is 16.1 Å². The molecule has 0 saturated heterocycles. The number of nitrogens with two attached hydrogens (primary N) is 1. The van der Waals surface area contributed by atoms with E-state index in [1.54, 1.807) is 11.3 Å². The van der Waals surface area contributed by atoms with Gasteiger partial charge in [0.25, 0.3) is 0 Å². The number of hydrogen-bond donors (Lipinski definition) is 2. The first kappa shape index (κ1) is 13.5. The van der Waals surface area contributed by atoms with Crippen LogP contribution in [0.5, 0.6) is 0 Å². The zero-order valence-electron chi connectivity index (χ0n) is 10.7. The van der Waals surface area contributed by atoms with Gasteiger partial charge >= 0.3 is 0 Å². The van der Waals surface area contributed by atoms with Crippen molar-refractivity contribution in [3.05, 3.63) is 38.3 Å². The lowest BCUT2D eigenvalue weighted by Gasteiger charge is -2.14. The summed E-state index contributed by atoms with van der Waals surface area (Å²) in [5.74, 6) is 5.66. The molecule has 98 valence electrons. The minimum absolute atomic E-state index is 0.0732. The van der Waals surface area contributed by atoms with Gasteiger partial charge in [-0.2, -0.15) is 5.10 Å². The molecule has 2 heterocycles. The Hall–Kier alpha value is -0.880. The number of hydrogen-bond acceptors (Lipinski definition) is 4. The van der Waals surface area contributed by atoms with Crippen molar-refractivity contribution in [2.24, 2.45) is 12.9 Å². The van der Waals surface area contributed by atoms with Crippen LogP contribution in [0.25, 0.3) is 0 Å². The van der Waals surface area contributed by atoms with E-state index < -0.39 is 0 Å². The van der Waals surface area contributed by atoms with Crippen LogP contribution in [0, 0.1) is 13.8 Å². The largest absolute Gasteiger partial charge is 0.272 e. The van der Waals surface area contributed by atoms with Crippen LogP contribution in [-0.4, -0.2) is 9.78 Å². The average molecular weight is 285 g/mol. The van der Waals surface area contributed by atoms with Crippen LogP contribution in [0.15, 0.2) is 12.1 Å². The molecule has 0 aliphatic rings. The van der Waals surface area contributed by atoms with Crippen molar-refractivity contribution in [1.29, 1.82) is 0 Å². The molecule has 0 spiro atoms. The van der Waals surface area contributed by atoms with Gasteiger partial charge in [0.2, 0.25) is 0 Å². The van der Waals surface area contributed by atoms with Crippen molar-refractivity contribution in [2.45, 2.75) is 26.3 Å². The summed E-state index contributed by atoms with van der Waals surface area (Å²) in [5, 5.41) is 4.42. The molecule has 6 heteroatoms. The highest BCUT2D eigenvalue weighted by atomic mass is 35.5. The molecule has 0 radical (unpaired) electrons. The third-order valence-electron chi connectivity index (χ3n) is 3.21. The standard InChI is InChI=1S/C12H17ClN4S/c1-7-9(8(2)17(3)16-7)6-10(15-14)11-4-5-12(13)18-11/h4-5,10,15H,6,14H2,1-3H3. The van der Waals surface area contributed by atoms with E-state index in [0.717, 1.165) is 21.3 Å². The third-order valence-corrected chi connectivity index (χ3v) is 4.55. The van der Waals surface area contributed by atoms with Crippen molar-refractivity contribution in [3.8, 4) is 0 Å². The quantitative estimate of drug-likeness (QED) is 0.670. The zero-order chi connectivity index (χ0) is 13.3. The van der Waals surface area contributed by atoms with Crippen molar-refractivity contribution < 1.29 is 0 Å². The summed E-state index contributed by atoms with van der Waals surface area (Å²) in [6.07, 6.45) is 0.818. The van der Waals surface area contributed by atoms with Gasteiger partial charge in [0.15, 0.2) is 0 Å². The molecule has 1 unspecified atom stereocenters. The molecule has 0 aliphatic heterocycles. The number of hydrazine groups is 1. The lowest BCUT2D eigenvalue weighted by Crippen LogP contribution is -2.29. The number of nitrogens with zero attached hydrogens (tertiary/aromatic N) is 2. The maximum atomic E-state index is 5.96. The molecule has 18 heavy (non-hydrogen) atoms. The van der Waals surface area contributed by atoms with Gasteiger partial charge in [-0.05, 0) is 38.0 Å². The maximum absolute atomic E-state index is 5.96. The molecule has 4 nitrogen and oxygen atoms in total. The molecule has 0 saturated carbocycles. The van der Waals surface area contributed by atoms with Crippen LogP contribution in [0.3, 0.4) is 0 Å². The van der Waals surface area contributed by atoms with E-state index in [1.165, 1.54) is 11.3 Å². The monoisotopic (exact) mass is 284 g/mol. The fourth-order valence-corrected chi connectivity index (χ4v) is 3.20. The van der Waals surface area contributed by atoms with Gasteiger partial charge in [-0.15, -0.1) is 11.3 Å². The predicted molar refractivity (Wildman–Crippen MR) is 75.8 cm³/mol. The van der Waals surface area contributed by atoms with E-state index in [4.69, 9.17) is 17.4 Å². The van der Waals surface area contributed by atoms with Gasteiger partial charge in [-0.3, -0.25) is 16.0 Å². The van der Waals surface area contributed by atoms with Crippen molar-refractivity contribution in [3.63, 3.8) is 0 Å². The number of aryl methyl sites for hydroxylation is 2. The molecule has 0 bridgehead atoms. The van der Waals surface area contributed by atoms with Crippen LogP contribution < -0.4 is 11.3 Å². The Morgan fingerprint density at radius 1 is 1.50 bits per heavy atom. The molecular formula is C12H17ClN4S. The van der Waals surface area contributed by atoms with Crippen LogP contribution >= 0.6 is 22.9 Å². The summed E-state index contributed by atoms with van der Waals surface area (Å²) >= 11 is 7.52. The molecular weight excluding hydrogens is 268 g/mol. The Balaban J connectivity index is 2.25. The summed E-state index contributed by atoms with van der Waals surface area (Å²) in [4.78, 5) is 1.14. The lowest BCUT2D eigenvalue weighted by atomic mass is 10.0. The van der Waals surface area contributed by atoms with Crippen LogP contribution in [0.2, 0.25) is 4.34 Å². The highest BCUT2D eigenvalue weighted by Crippen LogP contribution is 2.29. The van der Waals surface area contributed by atoms with E-state index in [-0.39, 0.29) is 6.04 Å². The topological polar surface area (TPSA) is 55.9 Å². The Labute approximate surface area is 116 Å². The minimum atomic E-state index is 0.0732. The second kappa shape index (κ2) is 5.40. The first-order chi connectivity index (χ1) is 8.52. The minimum Gasteiger partial charge on any atom is -0.272 e. The number of rotatable bonds is 4. The van der Waals surface area contributed by atoms with E-state index >= 15 is 0 Å². The molecule has 2 aromatic heterocycles. The molecule has 3 N–H and O–H groups in total. The zero-order valence-corrected chi connectivity index (χ0v) is 12.3. The average Bonchev–Trinajstić information content (AvgIpc) is 2.84.